The van der Waals surface area contributed by atoms with Crippen LogP contribution in [0.25, 0.3) is 11.2 Å². The standard InChI is InChI=1S/C18H23N5S/c1-18(2,3)13-6-8-14(9-7-13)24(4,5)23-11-10-15-17(23)20-12-16(21-15)22-19/h6-12H,4-5,19H2,1-3H3,(H,21,22). The van der Waals surface area contributed by atoms with Crippen molar-refractivity contribution in [3.8, 4) is 0 Å². The largest absolute Gasteiger partial charge is 0.307 e. The fourth-order valence-electron chi connectivity index (χ4n) is 2.56. The number of hydrazine groups is 1. The van der Waals surface area contributed by atoms with E-state index < -0.39 is 9.39 Å². The van der Waals surface area contributed by atoms with Gasteiger partial charge in [0.25, 0.3) is 0 Å². The molecule has 0 radical (unpaired) electrons. The summed E-state index contributed by atoms with van der Waals surface area (Å²) in [4.78, 5) is 9.96. The fraction of sp³-hybridized carbons (Fsp3) is 0.222. The van der Waals surface area contributed by atoms with Crippen LogP contribution in [0.2, 0.25) is 0 Å². The topological polar surface area (TPSA) is 68.8 Å². The van der Waals surface area contributed by atoms with Crippen molar-refractivity contribution in [2.45, 2.75) is 31.1 Å². The number of nitrogens with one attached hydrogen (secondary N) is 1. The van der Waals surface area contributed by atoms with Crippen LogP contribution in [0.15, 0.2) is 47.6 Å². The molecule has 24 heavy (non-hydrogen) atoms. The molecule has 0 bridgehead atoms. The minimum Gasteiger partial charge on any atom is -0.307 e. The Hall–Kier alpha value is -2.31. The molecule has 0 spiro atoms. The van der Waals surface area contributed by atoms with Crippen molar-refractivity contribution in [1.82, 2.24) is 13.9 Å². The number of nitrogen functional groups attached to an aromatic ring is 1. The lowest BCUT2D eigenvalue weighted by molar-refractivity contribution is 0.589. The van der Waals surface area contributed by atoms with Gasteiger partial charge < -0.3 is 5.43 Å². The van der Waals surface area contributed by atoms with Crippen LogP contribution < -0.4 is 11.3 Å². The third-order valence-electron chi connectivity index (χ3n) is 4.04. The second-order valence-electron chi connectivity index (χ2n) is 6.87. The van der Waals surface area contributed by atoms with Crippen LogP contribution in [-0.2, 0) is 5.41 Å². The zero-order valence-corrected chi connectivity index (χ0v) is 15.1. The molecule has 2 aromatic heterocycles. The molecular formula is C18H23N5S. The first kappa shape index (κ1) is 16.5. The highest BCUT2D eigenvalue weighted by molar-refractivity contribution is 8.26. The van der Waals surface area contributed by atoms with Crippen LogP contribution in [-0.4, -0.2) is 25.7 Å². The molecule has 0 aliphatic carbocycles. The molecule has 5 nitrogen and oxygen atoms in total. The molecule has 0 aliphatic heterocycles. The minimum absolute atomic E-state index is 0.121. The van der Waals surface area contributed by atoms with Crippen LogP contribution in [0.4, 0.5) is 5.82 Å². The van der Waals surface area contributed by atoms with Crippen LogP contribution >= 0.6 is 9.39 Å². The Morgan fingerprint density at radius 3 is 2.38 bits per heavy atom. The number of hydrogen-bond acceptors (Lipinski definition) is 4. The van der Waals surface area contributed by atoms with Gasteiger partial charge in [-0.1, -0.05) is 44.6 Å². The Morgan fingerprint density at radius 2 is 1.79 bits per heavy atom. The predicted molar refractivity (Wildman–Crippen MR) is 106 cm³/mol. The van der Waals surface area contributed by atoms with Crippen molar-refractivity contribution < 1.29 is 0 Å². The quantitative estimate of drug-likeness (QED) is 0.434. The summed E-state index contributed by atoms with van der Waals surface area (Å²) in [7, 11) is -1.74. The Balaban J connectivity index is 2.08. The molecule has 0 saturated heterocycles. The maximum atomic E-state index is 5.39. The normalized spacial score (nSPS) is 12.5. The Labute approximate surface area is 143 Å². The SMILES string of the molecule is C=S(=C)(c1ccc(C(C)(C)C)cc1)n1ccc2nc(NN)cnc21. The lowest BCUT2D eigenvalue weighted by atomic mass is 9.87. The van der Waals surface area contributed by atoms with E-state index in [1.807, 2.05) is 16.2 Å². The van der Waals surface area contributed by atoms with Crippen molar-refractivity contribution in [2.75, 3.05) is 5.43 Å². The number of nitrogens with zero attached hydrogens (tertiary/aromatic N) is 3. The highest BCUT2D eigenvalue weighted by atomic mass is 32.2. The monoisotopic (exact) mass is 341 g/mol. The van der Waals surface area contributed by atoms with E-state index in [0.29, 0.717) is 5.82 Å². The van der Waals surface area contributed by atoms with Crippen molar-refractivity contribution in [1.29, 1.82) is 0 Å². The van der Waals surface area contributed by atoms with E-state index in [9.17, 15) is 0 Å². The van der Waals surface area contributed by atoms with E-state index >= 15 is 0 Å². The maximum absolute atomic E-state index is 5.39. The van der Waals surface area contributed by atoms with Gasteiger partial charge in [0.1, 0.15) is 5.52 Å². The molecule has 0 saturated carbocycles. The number of anilines is 1. The molecule has 0 fully saturated rings. The number of aromatic nitrogens is 3. The molecular weight excluding hydrogens is 318 g/mol. The Kier molecular flexibility index (Phi) is 3.89. The van der Waals surface area contributed by atoms with Gasteiger partial charge in [0.15, 0.2) is 11.5 Å². The second kappa shape index (κ2) is 5.65. The minimum atomic E-state index is -1.74. The van der Waals surface area contributed by atoms with Gasteiger partial charge in [-0.25, -0.2) is 15.8 Å². The molecule has 3 N–H and O–H groups in total. The average molecular weight is 341 g/mol. The van der Waals surface area contributed by atoms with Crippen molar-refractivity contribution in [3.05, 3.63) is 48.3 Å². The molecule has 0 amide bonds. The van der Waals surface area contributed by atoms with Gasteiger partial charge >= 0.3 is 0 Å². The zero-order chi connectivity index (χ0) is 17.5. The van der Waals surface area contributed by atoms with Crippen molar-refractivity contribution in [2.24, 2.45) is 5.84 Å². The van der Waals surface area contributed by atoms with Gasteiger partial charge in [-0.2, -0.15) is 0 Å². The highest BCUT2D eigenvalue weighted by Gasteiger charge is 2.15. The van der Waals surface area contributed by atoms with Crippen molar-refractivity contribution in [3.63, 3.8) is 0 Å². The molecule has 0 unspecified atom stereocenters. The van der Waals surface area contributed by atoms with E-state index in [0.717, 1.165) is 16.1 Å². The number of fused-ring (bicyclic) bond motifs is 1. The first-order chi connectivity index (χ1) is 11.2. The van der Waals surface area contributed by atoms with Gasteiger partial charge in [-0.15, -0.1) is 9.39 Å². The fourth-order valence-corrected chi connectivity index (χ4v) is 4.20. The van der Waals surface area contributed by atoms with E-state index in [-0.39, 0.29) is 5.41 Å². The summed E-state index contributed by atoms with van der Waals surface area (Å²) >= 11 is 0. The third-order valence-corrected chi connectivity index (χ3v) is 6.24. The number of rotatable bonds is 3. The summed E-state index contributed by atoms with van der Waals surface area (Å²) in [6.45, 7) is 6.61. The summed E-state index contributed by atoms with van der Waals surface area (Å²) < 4.78 is 2.02. The molecule has 0 atom stereocenters. The van der Waals surface area contributed by atoms with Gasteiger partial charge in [-0.05, 0) is 29.2 Å². The van der Waals surface area contributed by atoms with E-state index in [4.69, 9.17) is 5.84 Å². The number of benzene rings is 1. The average Bonchev–Trinajstić information content (AvgIpc) is 2.97. The molecule has 2 heterocycles. The molecule has 1 aromatic carbocycles. The van der Waals surface area contributed by atoms with Crippen LogP contribution in [0, 0.1) is 0 Å². The molecule has 3 rings (SSSR count). The molecule has 6 heteroatoms. The van der Waals surface area contributed by atoms with Crippen LogP contribution in [0.5, 0.6) is 0 Å². The second-order valence-corrected chi connectivity index (χ2v) is 9.42. The Bertz CT molecular complexity index is 976. The summed E-state index contributed by atoms with van der Waals surface area (Å²) in [6.07, 6.45) is 3.55. The molecule has 126 valence electrons. The zero-order valence-electron chi connectivity index (χ0n) is 14.3. The molecule has 0 aliphatic rings. The summed E-state index contributed by atoms with van der Waals surface area (Å²) in [6, 6.07) is 10.4. The smallest absolute Gasteiger partial charge is 0.168 e. The van der Waals surface area contributed by atoms with E-state index in [2.05, 4.69) is 72.2 Å². The third kappa shape index (κ3) is 2.79. The van der Waals surface area contributed by atoms with Gasteiger partial charge in [0.05, 0.1) is 6.20 Å². The Morgan fingerprint density at radius 1 is 1.12 bits per heavy atom. The van der Waals surface area contributed by atoms with E-state index in [1.165, 1.54) is 5.56 Å². The first-order valence-electron chi connectivity index (χ1n) is 7.65. The lowest BCUT2D eigenvalue weighted by Gasteiger charge is -2.22. The lowest BCUT2D eigenvalue weighted by Crippen LogP contribution is -2.10. The van der Waals surface area contributed by atoms with E-state index in [1.54, 1.807) is 6.20 Å². The van der Waals surface area contributed by atoms with Gasteiger partial charge in [0, 0.05) is 11.1 Å². The summed E-state index contributed by atoms with van der Waals surface area (Å²) in [5.74, 6) is 14.7. The molecule has 3 aromatic rings. The number of nitrogens with two attached hydrogens (primary N) is 1. The number of hydrogen-bond donors (Lipinski definition) is 2. The summed E-state index contributed by atoms with van der Waals surface area (Å²) in [5, 5.41) is 0. The summed E-state index contributed by atoms with van der Waals surface area (Å²) in [5.41, 5.74) is 5.45. The van der Waals surface area contributed by atoms with Crippen LogP contribution in [0.3, 0.4) is 0 Å². The maximum Gasteiger partial charge on any atom is 0.168 e. The van der Waals surface area contributed by atoms with Gasteiger partial charge in [-0.3, -0.25) is 3.97 Å². The van der Waals surface area contributed by atoms with Crippen LogP contribution in [0.1, 0.15) is 26.3 Å². The van der Waals surface area contributed by atoms with Gasteiger partial charge in [0.2, 0.25) is 0 Å². The first-order valence-corrected chi connectivity index (χ1v) is 9.57. The highest BCUT2D eigenvalue weighted by Crippen LogP contribution is 2.37. The predicted octanol–water partition coefficient (Wildman–Crippen LogP) is 3.51. The van der Waals surface area contributed by atoms with Crippen molar-refractivity contribution >= 4 is 38.1 Å².